The Morgan fingerprint density at radius 2 is 2.17 bits per heavy atom. The highest BCUT2D eigenvalue weighted by Gasteiger charge is 2.12. The van der Waals surface area contributed by atoms with Gasteiger partial charge in [-0.3, -0.25) is 9.69 Å². The van der Waals surface area contributed by atoms with E-state index in [-0.39, 0.29) is 12.5 Å². The lowest BCUT2D eigenvalue weighted by Crippen LogP contribution is -2.30. The van der Waals surface area contributed by atoms with Crippen molar-refractivity contribution < 1.29 is 9.21 Å². The zero-order valence-electron chi connectivity index (χ0n) is 13.0. The number of thiophene rings is 1. The van der Waals surface area contributed by atoms with Crippen molar-refractivity contribution in [2.75, 3.05) is 18.9 Å². The van der Waals surface area contributed by atoms with Crippen LogP contribution in [0.25, 0.3) is 10.8 Å². The molecule has 0 aliphatic heterocycles. The molecule has 3 aromatic rings. The quantitative estimate of drug-likeness (QED) is 0.717. The largest absolute Gasteiger partial charge is 0.444 e. The summed E-state index contributed by atoms with van der Waals surface area (Å²) in [5, 5.41) is 5.30. The Kier molecular flexibility index (Phi) is 5.30. The average molecular weight is 362 g/mol. The van der Waals surface area contributed by atoms with Crippen LogP contribution in [0.2, 0.25) is 5.02 Å². The third kappa shape index (κ3) is 4.23. The molecular formula is C17H16ClN3O2S. The van der Waals surface area contributed by atoms with E-state index in [1.165, 1.54) is 0 Å². The number of hydrogen-bond acceptors (Lipinski definition) is 5. The number of carbonyl (C=O) groups is 1. The highest BCUT2D eigenvalue weighted by Crippen LogP contribution is 2.24. The first-order valence-electron chi connectivity index (χ1n) is 7.33. The number of para-hydroxylation sites is 1. The molecule has 0 unspecified atom stereocenters. The molecule has 1 amide bonds. The van der Waals surface area contributed by atoms with E-state index >= 15 is 0 Å². The molecule has 0 saturated heterocycles. The van der Waals surface area contributed by atoms with Crippen molar-refractivity contribution in [1.82, 2.24) is 9.88 Å². The van der Waals surface area contributed by atoms with Gasteiger partial charge in [-0.1, -0.05) is 29.8 Å². The topological polar surface area (TPSA) is 58.4 Å². The summed E-state index contributed by atoms with van der Waals surface area (Å²) in [7, 11) is 1.85. The predicted molar refractivity (Wildman–Crippen MR) is 96.2 cm³/mol. The van der Waals surface area contributed by atoms with Gasteiger partial charge in [0.25, 0.3) is 0 Å². The van der Waals surface area contributed by atoms with Crippen LogP contribution in [0.4, 0.5) is 5.69 Å². The van der Waals surface area contributed by atoms with Crippen LogP contribution < -0.4 is 5.32 Å². The van der Waals surface area contributed by atoms with Crippen LogP contribution in [0.3, 0.4) is 0 Å². The van der Waals surface area contributed by atoms with Gasteiger partial charge in [-0.15, -0.1) is 11.3 Å². The molecule has 124 valence electrons. The Hall–Kier alpha value is -2.15. The summed E-state index contributed by atoms with van der Waals surface area (Å²) in [5.74, 6) is 0.474. The van der Waals surface area contributed by atoms with Crippen molar-refractivity contribution in [2.24, 2.45) is 0 Å². The standard InChI is InChI=1S/C17H16ClN3O2S/c1-21(10-16(22)20-14-6-3-2-5-13(14)18)9-12-11-23-17(19-12)15-7-4-8-24-15/h2-8,11H,9-10H2,1H3,(H,20,22). The number of benzene rings is 1. The van der Waals surface area contributed by atoms with Gasteiger partial charge in [0.05, 0.1) is 27.8 Å². The number of nitrogens with one attached hydrogen (secondary N) is 1. The molecule has 7 heteroatoms. The molecule has 0 aliphatic rings. The molecule has 0 fully saturated rings. The van der Waals surface area contributed by atoms with Crippen molar-refractivity contribution in [3.05, 3.63) is 58.8 Å². The van der Waals surface area contributed by atoms with Gasteiger partial charge in [-0.2, -0.15) is 0 Å². The van der Waals surface area contributed by atoms with Crippen LogP contribution in [-0.4, -0.2) is 29.4 Å². The van der Waals surface area contributed by atoms with Crippen molar-refractivity contribution in [3.8, 4) is 10.8 Å². The summed E-state index contributed by atoms with van der Waals surface area (Å²) in [6.07, 6.45) is 1.62. The molecule has 2 aromatic heterocycles. The number of likely N-dealkylation sites (N-methyl/N-ethyl adjacent to an activating group) is 1. The Balaban J connectivity index is 1.55. The molecule has 0 radical (unpaired) electrons. The number of carbonyl (C=O) groups excluding carboxylic acids is 1. The van der Waals surface area contributed by atoms with Crippen LogP contribution in [0.1, 0.15) is 5.69 Å². The molecule has 0 spiro atoms. The van der Waals surface area contributed by atoms with E-state index in [0.29, 0.717) is 23.1 Å². The van der Waals surface area contributed by atoms with Gasteiger partial charge in [0.2, 0.25) is 11.8 Å². The minimum atomic E-state index is -0.132. The molecular weight excluding hydrogens is 346 g/mol. The number of aromatic nitrogens is 1. The minimum absolute atomic E-state index is 0.132. The second-order valence-corrected chi connectivity index (χ2v) is 6.68. The number of nitrogens with zero attached hydrogens (tertiary/aromatic N) is 2. The molecule has 1 N–H and O–H groups in total. The van der Waals surface area contributed by atoms with Crippen LogP contribution >= 0.6 is 22.9 Å². The summed E-state index contributed by atoms with van der Waals surface area (Å²) < 4.78 is 5.48. The van der Waals surface area contributed by atoms with Crippen LogP contribution in [0.5, 0.6) is 0 Å². The Bertz CT molecular complexity index is 817. The van der Waals surface area contributed by atoms with Gasteiger partial charge in [0, 0.05) is 6.54 Å². The molecule has 3 rings (SSSR count). The second-order valence-electron chi connectivity index (χ2n) is 5.32. The highest BCUT2D eigenvalue weighted by molar-refractivity contribution is 7.13. The summed E-state index contributed by atoms with van der Waals surface area (Å²) in [4.78, 5) is 19.4. The minimum Gasteiger partial charge on any atom is -0.444 e. The Morgan fingerprint density at radius 3 is 2.92 bits per heavy atom. The normalized spacial score (nSPS) is 11.0. The van der Waals surface area contributed by atoms with E-state index in [1.807, 2.05) is 41.6 Å². The van der Waals surface area contributed by atoms with E-state index in [1.54, 1.807) is 29.7 Å². The SMILES string of the molecule is CN(CC(=O)Nc1ccccc1Cl)Cc1coc(-c2cccs2)n1. The van der Waals surface area contributed by atoms with Gasteiger partial charge < -0.3 is 9.73 Å². The molecule has 1 aromatic carbocycles. The molecule has 0 bridgehead atoms. The van der Waals surface area contributed by atoms with E-state index in [4.69, 9.17) is 16.0 Å². The maximum atomic E-state index is 12.1. The van der Waals surface area contributed by atoms with Crippen LogP contribution in [0, 0.1) is 0 Å². The van der Waals surface area contributed by atoms with Gasteiger partial charge in [-0.25, -0.2) is 4.98 Å². The fraction of sp³-hybridized carbons (Fsp3) is 0.176. The molecule has 0 saturated carbocycles. The zero-order chi connectivity index (χ0) is 16.9. The average Bonchev–Trinajstić information content (AvgIpc) is 3.20. The van der Waals surface area contributed by atoms with Crippen molar-refractivity contribution in [1.29, 1.82) is 0 Å². The number of oxazole rings is 1. The molecule has 24 heavy (non-hydrogen) atoms. The van der Waals surface area contributed by atoms with Crippen molar-refractivity contribution in [2.45, 2.75) is 6.54 Å². The Morgan fingerprint density at radius 1 is 1.33 bits per heavy atom. The second kappa shape index (κ2) is 7.61. The van der Waals surface area contributed by atoms with Gasteiger partial charge in [-0.05, 0) is 30.6 Å². The summed E-state index contributed by atoms with van der Waals surface area (Å²) in [5.41, 5.74) is 1.39. The fourth-order valence-electron chi connectivity index (χ4n) is 2.22. The summed E-state index contributed by atoms with van der Waals surface area (Å²) in [6.45, 7) is 0.747. The Labute approximate surface area is 148 Å². The first kappa shape index (κ1) is 16.7. The lowest BCUT2D eigenvalue weighted by molar-refractivity contribution is -0.117. The number of amides is 1. The van der Waals surface area contributed by atoms with Gasteiger partial charge >= 0.3 is 0 Å². The van der Waals surface area contributed by atoms with E-state index in [0.717, 1.165) is 10.6 Å². The first-order valence-corrected chi connectivity index (χ1v) is 8.59. The molecule has 0 atom stereocenters. The van der Waals surface area contributed by atoms with E-state index in [9.17, 15) is 4.79 Å². The van der Waals surface area contributed by atoms with Crippen molar-refractivity contribution in [3.63, 3.8) is 0 Å². The number of anilines is 1. The summed E-state index contributed by atoms with van der Waals surface area (Å²) in [6, 6.07) is 11.1. The van der Waals surface area contributed by atoms with Gasteiger partial charge in [0.1, 0.15) is 6.26 Å². The fourth-order valence-corrected chi connectivity index (χ4v) is 3.06. The smallest absolute Gasteiger partial charge is 0.238 e. The maximum absolute atomic E-state index is 12.1. The first-order chi connectivity index (χ1) is 11.6. The van der Waals surface area contributed by atoms with Crippen LogP contribution in [0.15, 0.2) is 52.5 Å². The number of halogens is 1. The van der Waals surface area contributed by atoms with Crippen molar-refractivity contribution >= 4 is 34.5 Å². The third-order valence-electron chi connectivity index (χ3n) is 3.28. The number of hydrogen-bond donors (Lipinski definition) is 1. The monoisotopic (exact) mass is 361 g/mol. The van der Waals surface area contributed by atoms with Gasteiger partial charge in [0.15, 0.2) is 0 Å². The lowest BCUT2D eigenvalue weighted by atomic mass is 10.3. The summed E-state index contributed by atoms with van der Waals surface area (Å²) >= 11 is 7.61. The molecule has 2 heterocycles. The predicted octanol–water partition coefficient (Wildman–Crippen LogP) is 4.13. The maximum Gasteiger partial charge on any atom is 0.238 e. The highest BCUT2D eigenvalue weighted by atomic mass is 35.5. The number of rotatable bonds is 6. The molecule has 0 aliphatic carbocycles. The van der Waals surface area contributed by atoms with E-state index in [2.05, 4.69) is 10.3 Å². The third-order valence-corrected chi connectivity index (χ3v) is 4.46. The van der Waals surface area contributed by atoms with Crippen LogP contribution in [-0.2, 0) is 11.3 Å². The molecule has 5 nitrogen and oxygen atoms in total. The zero-order valence-corrected chi connectivity index (χ0v) is 14.6. The van der Waals surface area contributed by atoms with E-state index < -0.39 is 0 Å². The lowest BCUT2D eigenvalue weighted by Gasteiger charge is -2.15.